The smallest absolute Gasteiger partial charge is 0.252 e. The molecular formula is C30H34N6O4. The van der Waals surface area contributed by atoms with Gasteiger partial charge in [0.1, 0.15) is 23.8 Å². The van der Waals surface area contributed by atoms with Crippen molar-refractivity contribution in [1.29, 1.82) is 0 Å². The number of H-pyrrole nitrogens is 1. The number of aromatic nitrogens is 5. The molecule has 0 unspecified atom stereocenters. The Kier molecular flexibility index (Phi) is 8.26. The molecule has 5 rings (SSSR count). The minimum absolute atomic E-state index is 0.111. The average Bonchev–Trinajstić information content (AvgIpc) is 3.62. The van der Waals surface area contributed by atoms with Crippen LogP contribution in [0.15, 0.2) is 76.1 Å². The lowest BCUT2D eigenvalue weighted by molar-refractivity contribution is 0.124. The molecule has 10 heteroatoms. The van der Waals surface area contributed by atoms with Crippen LogP contribution in [0.25, 0.3) is 10.9 Å². The molecule has 1 atom stereocenters. The molecule has 208 valence electrons. The molecule has 0 radical (unpaired) electrons. The Morgan fingerprint density at radius 3 is 2.62 bits per heavy atom. The van der Waals surface area contributed by atoms with Gasteiger partial charge in [-0.2, -0.15) is 0 Å². The number of pyridine rings is 1. The van der Waals surface area contributed by atoms with Crippen molar-refractivity contribution in [3.63, 3.8) is 0 Å². The van der Waals surface area contributed by atoms with Crippen LogP contribution in [0.3, 0.4) is 0 Å². The van der Waals surface area contributed by atoms with Crippen molar-refractivity contribution in [1.82, 2.24) is 30.1 Å². The Bertz CT molecular complexity index is 1610. The summed E-state index contributed by atoms with van der Waals surface area (Å²) in [5.74, 6) is 3.09. The van der Waals surface area contributed by atoms with Crippen molar-refractivity contribution in [3.8, 4) is 11.5 Å². The van der Waals surface area contributed by atoms with E-state index in [1.54, 1.807) is 18.1 Å². The third kappa shape index (κ3) is 5.91. The van der Waals surface area contributed by atoms with Crippen LogP contribution in [-0.2, 0) is 19.6 Å². The highest BCUT2D eigenvalue weighted by Crippen LogP contribution is 2.32. The van der Waals surface area contributed by atoms with Crippen LogP contribution in [-0.4, -0.2) is 43.8 Å². The first-order valence-corrected chi connectivity index (χ1v) is 13.4. The van der Waals surface area contributed by atoms with Gasteiger partial charge in [0.2, 0.25) is 0 Å². The lowest BCUT2D eigenvalue weighted by atomic mass is 9.99. The van der Waals surface area contributed by atoms with Gasteiger partial charge >= 0.3 is 0 Å². The molecule has 0 aliphatic carbocycles. The highest BCUT2D eigenvalue weighted by Gasteiger charge is 2.31. The Morgan fingerprint density at radius 1 is 1.05 bits per heavy atom. The third-order valence-corrected chi connectivity index (χ3v) is 6.88. The predicted octanol–water partition coefficient (Wildman–Crippen LogP) is 4.96. The lowest BCUT2D eigenvalue weighted by Gasteiger charge is -2.34. The second-order valence-corrected chi connectivity index (χ2v) is 9.99. The summed E-state index contributed by atoms with van der Waals surface area (Å²) in [6.07, 6.45) is 1.64. The van der Waals surface area contributed by atoms with Gasteiger partial charge in [0.25, 0.3) is 5.56 Å². The fourth-order valence-corrected chi connectivity index (χ4v) is 5.10. The van der Waals surface area contributed by atoms with E-state index in [1.807, 2.05) is 67.6 Å². The quantitative estimate of drug-likeness (QED) is 0.235. The second kappa shape index (κ2) is 12.2. The molecule has 40 heavy (non-hydrogen) atoms. The van der Waals surface area contributed by atoms with Crippen LogP contribution in [0.4, 0.5) is 0 Å². The third-order valence-electron chi connectivity index (χ3n) is 6.88. The highest BCUT2D eigenvalue weighted by atomic mass is 16.5. The zero-order valence-corrected chi connectivity index (χ0v) is 23.2. The molecule has 10 nitrogen and oxygen atoms in total. The van der Waals surface area contributed by atoms with Crippen LogP contribution in [0, 0.1) is 5.92 Å². The number of hydrogen-bond acceptors (Lipinski definition) is 8. The van der Waals surface area contributed by atoms with E-state index in [0.29, 0.717) is 37.6 Å². The largest absolute Gasteiger partial charge is 0.496 e. The molecule has 2 aromatic carbocycles. The number of aromatic amines is 1. The van der Waals surface area contributed by atoms with Gasteiger partial charge in [0, 0.05) is 35.1 Å². The van der Waals surface area contributed by atoms with Gasteiger partial charge in [-0.15, -0.1) is 5.10 Å². The molecule has 0 amide bonds. The van der Waals surface area contributed by atoms with Crippen LogP contribution < -0.4 is 15.0 Å². The van der Waals surface area contributed by atoms with Crippen molar-refractivity contribution >= 4 is 10.9 Å². The number of furan rings is 1. The molecule has 0 aliphatic rings. The number of nitrogens with one attached hydrogen (secondary N) is 1. The first kappa shape index (κ1) is 27.1. The summed E-state index contributed by atoms with van der Waals surface area (Å²) in [5, 5.41) is 13.6. The van der Waals surface area contributed by atoms with Gasteiger partial charge in [0.15, 0.2) is 5.82 Å². The zero-order chi connectivity index (χ0) is 28.1. The van der Waals surface area contributed by atoms with Crippen molar-refractivity contribution in [2.24, 2.45) is 5.92 Å². The fraction of sp³-hybridized carbons (Fsp3) is 0.333. The molecular weight excluding hydrogens is 508 g/mol. The van der Waals surface area contributed by atoms with E-state index in [1.165, 1.54) is 0 Å². The van der Waals surface area contributed by atoms with Gasteiger partial charge in [0.05, 0.1) is 26.0 Å². The molecule has 3 aromatic heterocycles. The zero-order valence-electron chi connectivity index (χ0n) is 23.2. The number of tetrazole rings is 1. The maximum absolute atomic E-state index is 13.3. The minimum Gasteiger partial charge on any atom is -0.496 e. The molecule has 0 spiro atoms. The monoisotopic (exact) mass is 542 g/mol. The Balaban J connectivity index is 1.57. The van der Waals surface area contributed by atoms with Crippen molar-refractivity contribution in [2.45, 2.75) is 46.4 Å². The Morgan fingerprint density at radius 2 is 1.88 bits per heavy atom. The molecule has 3 heterocycles. The van der Waals surface area contributed by atoms with Crippen LogP contribution in [0.1, 0.15) is 49.5 Å². The standard InChI is InChI=1S/C30H34N6O4/c1-5-39-24-12-13-26-22(16-24)15-23(30(37)31-26)18-35(17-21-9-6-7-11-27(21)38-4)28(20(2)3)29-32-33-34-36(29)19-25-10-8-14-40-25/h6-16,20,28H,5,17-19H2,1-4H3,(H,31,37)/t28-/m0/s1. The summed E-state index contributed by atoms with van der Waals surface area (Å²) in [4.78, 5) is 18.6. The summed E-state index contributed by atoms with van der Waals surface area (Å²) >= 11 is 0. The SMILES string of the molecule is CCOc1ccc2[nH]c(=O)c(CN(Cc3ccccc3OC)[C@H](c3nnnn3Cc3ccco3)C(C)C)cc2c1. The minimum atomic E-state index is -0.222. The summed E-state index contributed by atoms with van der Waals surface area (Å²) in [6, 6.07) is 19.1. The van der Waals surface area contributed by atoms with E-state index in [9.17, 15) is 4.79 Å². The van der Waals surface area contributed by atoms with Gasteiger partial charge in [-0.3, -0.25) is 9.69 Å². The Labute approximate surface area is 232 Å². The van der Waals surface area contributed by atoms with Crippen LogP contribution >= 0.6 is 0 Å². The molecule has 5 aromatic rings. The summed E-state index contributed by atoms with van der Waals surface area (Å²) in [5.41, 5.74) is 2.25. The number of ether oxygens (including phenoxy) is 2. The summed E-state index contributed by atoms with van der Waals surface area (Å²) < 4.78 is 18.7. The first-order valence-electron chi connectivity index (χ1n) is 13.4. The summed E-state index contributed by atoms with van der Waals surface area (Å²) in [7, 11) is 1.66. The number of methoxy groups -OCH3 is 1. The average molecular weight is 543 g/mol. The van der Waals surface area contributed by atoms with Gasteiger partial charge in [-0.1, -0.05) is 32.0 Å². The predicted molar refractivity (Wildman–Crippen MR) is 151 cm³/mol. The highest BCUT2D eigenvalue weighted by molar-refractivity contribution is 5.80. The van der Waals surface area contributed by atoms with Crippen LogP contribution in [0.2, 0.25) is 0 Å². The van der Waals surface area contributed by atoms with Crippen molar-refractivity contribution < 1.29 is 13.9 Å². The molecule has 0 bridgehead atoms. The number of rotatable bonds is 12. The maximum Gasteiger partial charge on any atom is 0.252 e. The van der Waals surface area contributed by atoms with Gasteiger partial charge in [-0.05, 0) is 65.7 Å². The number of hydrogen-bond donors (Lipinski definition) is 1. The van der Waals surface area contributed by atoms with E-state index in [2.05, 4.69) is 39.3 Å². The van der Waals surface area contributed by atoms with Crippen molar-refractivity contribution in [3.05, 3.63) is 100.0 Å². The van der Waals surface area contributed by atoms with Crippen molar-refractivity contribution in [2.75, 3.05) is 13.7 Å². The fourth-order valence-electron chi connectivity index (χ4n) is 5.10. The second-order valence-electron chi connectivity index (χ2n) is 9.99. The number of benzene rings is 2. The van der Waals surface area contributed by atoms with E-state index >= 15 is 0 Å². The molecule has 0 saturated heterocycles. The van der Waals surface area contributed by atoms with Crippen LogP contribution in [0.5, 0.6) is 11.5 Å². The summed E-state index contributed by atoms with van der Waals surface area (Å²) in [6.45, 7) is 8.05. The lowest BCUT2D eigenvalue weighted by Crippen LogP contribution is -2.35. The molecule has 0 aliphatic heterocycles. The van der Waals surface area contributed by atoms with E-state index in [4.69, 9.17) is 13.9 Å². The Hall–Kier alpha value is -4.44. The van der Waals surface area contributed by atoms with E-state index < -0.39 is 0 Å². The number of nitrogens with zero attached hydrogens (tertiary/aromatic N) is 5. The number of fused-ring (bicyclic) bond motifs is 1. The number of para-hydroxylation sites is 1. The topological polar surface area (TPSA) is 111 Å². The molecule has 0 saturated carbocycles. The normalized spacial score (nSPS) is 12.3. The molecule has 1 N–H and O–H groups in total. The van der Waals surface area contributed by atoms with Gasteiger partial charge < -0.3 is 18.9 Å². The van der Waals surface area contributed by atoms with E-state index in [0.717, 1.165) is 33.7 Å². The maximum atomic E-state index is 13.3. The molecule has 0 fully saturated rings. The first-order chi connectivity index (χ1) is 19.5. The van der Waals surface area contributed by atoms with Gasteiger partial charge in [-0.25, -0.2) is 4.68 Å². The van der Waals surface area contributed by atoms with E-state index in [-0.39, 0.29) is 17.5 Å².